The van der Waals surface area contributed by atoms with Crippen LogP contribution in [0.5, 0.6) is 0 Å². The number of allylic oxidation sites excluding steroid dienone is 1. The monoisotopic (exact) mass is 348 g/mol. The number of carbonyl (C=O) groups excluding carboxylic acids is 2. The summed E-state index contributed by atoms with van der Waals surface area (Å²) in [6.07, 6.45) is 3.98. The van der Waals surface area contributed by atoms with Crippen LogP contribution < -0.4 is 5.32 Å². The van der Waals surface area contributed by atoms with Crippen LogP contribution in [0.2, 0.25) is 5.02 Å². The van der Waals surface area contributed by atoms with E-state index < -0.39 is 6.04 Å². The second-order valence-electron chi connectivity index (χ2n) is 6.30. The van der Waals surface area contributed by atoms with E-state index in [-0.39, 0.29) is 18.1 Å². The molecule has 24 heavy (non-hydrogen) atoms. The van der Waals surface area contributed by atoms with Crippen molar-refractivity contribution in [2.75, 3.05) is 7.05 Å². The maximum absolute atomic E-state index is 12.8. The van der Waals surface area contributed by atoms with Crippen LogP contribution in [0.3, 0.4) is 0 Å². The molecule has 3 rings (SSSR count). The van der Waals surface area contributed by atoms with Crippen molar-refractivity contribution in [3.05, 3.63) is 46.1 Å². The topological polar surface area (TPSA) is 58.6 Å². The Hall–Kier alpha value is -2.01. The molecular formula is C18H21ClN2O3. The van der Waals surface area contributed by atoms with E-state index in [1.165, 1.54) is 4.90 Å². The SMILES string of the molecule is CC1=C(C(=O)OC2CCCC2)[C@@H](c2ccc(Cl)cc2)NC(=O)N1C. The average molecular weight is 349 g/mol. The molecule has 0 unspecified atom stereocenters. The molecule has 1 aliphatic carbocycles. The van der Waals surface area contributed by atoms with Gasteiger partial charge in [-0.05, 0) is 50.3 Å². The average Bonchev–Trinajstić information content (AvgIpc) is 3.05. The number of nitrogens with zero attached hydrogens (tertiary/aromatic N) is 1. The molecule has 2 amide bonds. The number of hydrogen-bond acceptors (Lipinski definition) is 3. The predicted molar refractivity (Wildman–Crippen MR) is 91.5 cm³/mol. The van der Waals surface area contributed by atoms with Crippen LogP contribution in [0.1, 0.15) is 44.2 Å². The Labute approximate surface area is 146 Å². The van der Waals surface area contributed by atoms with Crippen LogP contribution in [0, 0.1) is 0 Å². The standard InChI is InChI=1S/C18H21ClN2O3/c1-11-15(17(22)24-14-5-3-4-6-14)16(20-18(23)21(11)2)12-7-9-13(19)10-8-12/h7-10,14,16H,3-6H2,1-2H3,(H,20,23)/t16-/m1/s1. The van der Waals surface area contributed by atoms with Crippen LogP contribution in [0.25, 0.3) is 0 Å². The smallest absolute Gasteiger partial charge is 0.338 e. The molecule has 1 saturated carbocycles. The molecule has 1 atom stereocenters. The highest BCUT2D eigenvalue weighted by Crippen LogP contribution is 2.32. The van der Waals surface area contributed by atoms with E-state index in [4.69, 9.17) is 16.3 Å². The molecule has 5 nitrogen and oxygen atoms in total. The Kier molecular flexibility index (Phi) is 4.81. The Morgan fingerprint density at radius 3 is 2.50 bits per heavy atom. The zero-order valence-electron chi connectivity index (χ0n) is 13.8. The number of nitrogens with one attached hydrogen (secondary N) is 1. The summed E-state index contributed by atoms with van der Waals surface area (Å²) in [5.74, 6) is -0.355. The van der Waals surface area contributed by atoms with Gasteiger partial charge in [0, 0.05) is 17.8 Å². The summed E-state index contributed by atoms with van der Waals surface area (Å²) in [5.41, 5.74) is 1.89. The van der Waals surface area contributed by atoms with Gasteiger partial charge in [0.25, 0.3) is 0 Å². The molecular weight excluding hydrogens is 328 g/mol. The second-order valence-corrected chi connectivity index (χ2v) is 6.74. The summed E-state index contributed by atoms with van der Waals surface area (Å²) in [7, 11) is 1.64. The summed E-state index contributed by atoms with van der Waals surface area (Å²) < 4.78 is 5.68. The van der Waals surface area contributed by atoms with Crippen molar-refractivity contribution in [3.8, 4) is 0 Å². The van der Waals surface area contributed by atoms with Crippen molar-refractivity contribution >= 4 is 23.6 Å². The van der Waals surface area contributed by atoms with Crippen molar-refractivity contribution in [1.29, 1.82) is 0 Å². The highest BCUT2D eigenvalue weighted by molar-refractivity contribution is 6.30. The van der Waals surface area contributed by atoms with Crippen LogP contribution >= 0.6 is 11.6 Å². The fourth-order valence-corrected chi connectivity index (χ4v) is 3.35. The van der Waals surface area contributed by atoms with E-state index in [0.29, 0.717) is 16.3 Å². The summed E-state index contributed by atoms with van der Waals surface area (Å²) in [4.78, 5) is 26.4. The normalized spacial score (nSPS) is 21.9. The Balaban J connectivity index is 1.93. The third kappa shape index (κ3) is 3.26. The van der Waals surface area contributed by atoms with Crippen molar-refractivity contribution in [2.24, 2.45) is 0 Å². The first-order valence-electron chi connectivity index (χ1n) is 8.19. The maximum Gasteiger partial charge on any atom is 0.338 e. The molecule has 0 aromatic heterocycles. The highest BCUT2D eigenvalue weighted by atomic mass is 35.5. The molecule has 128 valence electrons. The van der Waals surface area contributed by atoms with Gasteiger partial charge in [-0.1, -0.05) is 23.7 Å². The number of halogens is 1. The molecule has 0 bridgehead atoms. The third-order valence-corrected chi connectivity index (χ3v) is 5.01. The quantitative estimate of drug-likeness (QED) is 0.845. The second kappa shape index (κ2) is 6.85. The number of rotatable bonds is 3. The van der Waals surface area contributed by atoms with Gasteiger partial charge in [0.15, 0.2) is 0 Å². The molecule has 1 aliphatic heterocycles. The highest BCUT2D eigenvalue weighted by Gasteiger charge is 2.36. The van der Waals surface area contributed by atoms with Crippen LogP contribution in [-0.4, -0.2) is 30.1 Å². The third-order valence-electron chi connectivity index (χ3n) is 4.75. The summed E-state index contributed by atoms with van der Waals surface area (Å²) in [6.45, 7) is 1.77. The Morgan fingerprint density at radius 1 is 1.25 bits per heavy atom. The molecule has 0 saturated heterocycles. The van der Waals surface area contributed by atoms with E-state index in [2.05, 4.69) is 5.32 Å². The van der Waals surface area contributed by atoms with E-state index in [1.807, 2.05) is 12.1 Å². The minimum atomic E-state index is -0.528. The van der Waals surface area contributed by atoms with Crippen molar-refractivity contribution in [2.45, 2.75) is 44.8 Å². The lowest BCUT2D eigenvalue weighted by molar-refractivity contribution is -0.144. The van der Waals surface area contributed by atoms with Gasteiger partial charge < -0.3 is 15.0 Å². The number of amides is 2. The molecule has 1 aromatic carbocycles. The van der Waals surface area contributed by atoms with Crippen molar-refractivity contribution < 1.29 is 14.3 Å². The van der Waals surface area contributed by atoms with Gasteiger partial charge in [-0.15, -0.1) is 0 Å². The first kappa shape index (κ1) is 16.8. The first-order valence-corrected chi connectivity index (χ1v) is 8.56. The number of benzene rings is 1. The van der Waals surface area contributed by atoms with E-state index in [0.717, 1.165) is 31.2 Å². The number of hydrogen-bond donors (Lipinski definition) is 1. The predicted octanol–water partition coefficient (Wildman–Crippen LogP) is 3.80. The lowest BCUT2D eigenvalue weighted by Crippen LogP contribution is -2.46. The zero-order valence-corrected chi connectivity index (χ0v) is 14.6. The summed E-state index contributed by atoms with van der Waals surface area (Å²) >= 11 is 5.94. The molecule has 2 aliphatic rings. The zero-order chi connectivity index (χ0) is 17.3. The Bertz CT molecular complexity index is 678. The first-order chi connectivity index (χ1) is 11.5. The van der Waals surface area contributed by atoms with Crippen LogP contribution in [-0.2, 0) is 9.53 Å². The van der Waals surface area contributed by atoms with Gasteiger partial charge in [0.2, 0.25) is 0 Å². The lowest BCUT2D eigenvalue weighted by atomic mass is 9.95. The number of esters is 1. The Morgan fingerprint density at radius 2 is 1.88 bits per heavy atom. The van der Waals surface area contributed by atoms with Crippen molar-refractivity contribution in [1.82, 2.24) is 10.2 Å². The summed E-state index contributed by atoms with van der Waals surface area (Å²) in [5, 5.41) is 3.48. The summed E-state index contributed by atoms with van der Waals surface area (Å²) in [6, 6.07) is 6.35. The van der Waals surface area contributed by atoms with Gasteiger partial charge in [-0.3, -0.25) is 0 Å². The number of urea groups is 1. The number of ether oxygens (including phenoxy) is 1. The number of carbonyl (C=O) groups is 2. The fraction of sp³-hybridized carbons (Fsp3) is 0.444. The maximum atomic E-state index is 12.8. The molecule has 0 radical (unpaired) electrons. The molecule has 1 N–H and O–H groups in total. The van der Waals surface area contributed by atoms with Crippen LogP contribution in [0.15, 0.2) is 35.5 Å². The van der Waals surface area contributed by atoms with Gasteiger partial charge in [0.1, 0.15) is 6.10 Å². The molecule has 1 heterocycles. The van der Waals surface area contributed by atoms with E-state index in [1.54, 1.807) is 26.1 Å². The minimum absolute atomic E-state index is 0.0217. The minimum Gasteiger partial charge on any atom is -0.459 e. The molecule has 0 spiro atoms. The van der Waals surface area contributed by atoms with E-state index in [9.17, 15) is 9.59 Å². The molecule has 1 fully saturated rings. The van der Waals surface area contributed by atoms with Gasteiger partial charge >= 0.3 is 12.0 Å². The molecule has 6 heteroatoms. The fourth-order valence-electron chi connectivity index (χ4n) is 3.23. The van der Waals surface area contributed by atoms with Crippen molar-refractivity contribution in [3.63, 3.8) is 0 Å². The lowest BCUT2D eigenvalue weighted by Gasteiger charge is -2.33. The molecule has 1 aromatic rings. The van der Waals surface area contributed by atoms with E-state index >= 15 is 0 Å². The van der Waals surface area contributed by atoms with Gasteiger partial charge in [0.05, 0.1) is 11.6 Å². The van der Waals surface area contributed by atoms with Crippen LogP contribution in [0.4, 0.5) is 4.79 Å². The van der Waals surface area contributed by atoms with Gasteiger partial charge in [-0.2, -0.15) is 0 Å². The largest absolute Gasteiger partial charge is 0.459 e. The van der Waals surface area contributed by atoms with Gasteiger partial charge in [-0.25, -0.2) is 9.59 Å².